The van der Waals surface area contributed by atoms with E-state index in [0.29, 0.717) is 5.92 Å². The summed E-state index contributed by atoms with van der Waals surface area (Å²) in [6.07, 6.45) is 4.85. The molecule has 0 amide bonds. The zero-order valence-corrected chi connectivity index (χ0v) is 33.8. The van der Waals surface area contributed by atoms with E-state index in [1.54, 1.807) is 0 Å². The van der Waals surface area contributed by atoms with Gasteiger partial charge in [-0.15, -0.1) is 0 Å². The summed E-state index contributed by atoms with van der Waals surface area (Å²) in [7, 11) is -0.836. The molecule has 51 heavy (non-hydrogen) atoms. The number of nitrogens with zero attached hydrogens (tertiary/aromatic N) is 1. The molecule has 1 unspecified atom stereocenters. The van der Waals surface area contributed by atoms with E-state index in [0.717, 1.165) is 35.4 Å². The van der Waals surface area contributed by atoms with Gasteiger partial charge < -0.3 is 0 Å². The molecule has 7 rings (SSSR count). The number of benzene rings is 4. The Hall–Kier alpha value is -2.77. The molecule has 0 spiro atoms. The van der Waals surface area contributed by atoms with Gasteiger partial charge in [0.2, 0.25) is 0 Å². The van der Waals surface area contributed by atoms with E-state index in [2.05, 4.69) is 147 Å². The molecule has 2 fully saturated rings. The van der Waals surface area contributed by atoms with Crippen LogP contribution in [0.1, 0.15) is 94.9 Å². The van der Waals surface area contributed by atoms with Gasteiger partial charge in [0.15, 0.2) is 0 Å². The Labute approximate surface area is 312 Å². The quantitative estimate of drug-likeness (QED) is 0.138. The number of anilines is 3. The van der Waals surface area contributed by atoms with E-state index >= 15 is 0 Å². The van der Waals surface area contributed by atoms with E-state index in [1.807, 2.05) is 0 Å². The zero-order chi connectivity index (χ0) is 36.3. The number of fused-ring (bicyclic) bond motifs is 3. The number of unbranched alkanes of at least 4 members (excludes halogenated alkanes) is 1. The molecule has 268 valence electrons. The first-order chi connectivity index (χ1) is 24.1. The summed E-state index contributed by atoms with van der Waals surface area (Å²) in [6, 6.07) is 26.7. The molecular formula is C42H53B2NO5Se. The summed E-state index contributed by atoms with van der Waals surface area (Å²) in [5, 5.41) is 2.35. The zero-order valence-electron chi connectivity index (χ0n) is 32.1. The van der Waals surface area contributed by atoms with Crippen molar-refractivity contribution < 1.29 is 23.4 Å². The minimum absolute atomic E-state index is 0.0248. The second-order valence-corrected chi connectivity index (χ2v) is 18.8. The molecule has 4 aromatic rings. The van der Waals surface area contributed by atoms with Crippen molar-refractivity contribution in [2.75, 3.05) is 11.5 Å². The van der Waals surface area contributed by atoms with Crippen molar-refractivity contribution in [2.24, 2.45) is 5.92 Å². The van der Waals surface area contributed by atoms with Crippen LogP contribution in [0.15, 0.2) is 72.8 Å². The van der Waals surface area contributed by atoms with Gasteiger partial charge in [0.25, 0.3) is 0 Å². The van der Waals surface area contributed by atoms with Crippen LogP contribution in [0.2, 0.25) is 0 Å². The Balaban J connectivity index is 1.24. The molecule has 3 heterocycles. The van der Waals surface area contributed by atoms with Crippen molar-refractivity contribution in [3.8, 4) is 5.75 Å². The molecule has 0 saturated carbocycles. The molecule has 3 aliphatic rings. The maximum atomic E-state index is 6.49. The van der Waals surface area contributed by atoms with Crippen LogP contribution in [-0.4, -0.2) is 58.2 Å². The fourth-order valence-electron chi connectivity index (χ4n) is 6.92. The van der Waals surface area contributed by atoms with Gasteiger partial charge in [0.05, 0.1) is 0 Å². The molecule has 9 heteroatoms. The molecule has 4 aromatic carbocycles. The Bertz CT molecular complexity index is 1810. The Kier molecular flexibility index (Phi) is 9.74. The first-order valence-corrected chi connectivity index (χ1v) is 20.5. The third-order valence-corrected chi connectivity index (χ3v) is 14.1. The van der Waals surface area contributed by atoms with Gasteiger partial charge >= 0.3 is 274 Å². The second-order valence-electron chi connectivity index (χ2n) is 16.5. The monoisotopic (exact) mass is 753 g/mol. The van der Waals surface area contributed by atoms with Gasteiger partial charge in [0, 0.05) is 0 Å². The number of ether oxygens (including phenoxy) is 1. The molecule has 0 bridgehead atoms. The van der Waals surface area contributed by atoms with Crippen molar-refractivity contribution in [3.63, 3.8) is 0 Å². The minimum atomic E-state index is -0.418. The predicted octanol–water partition coefficient (Wildman–Crippen LogP) is 7.47. The Morgan fingerprint density at radius 2 is 1.16 bits per heavy atom. The molecule has 1 atom stereocenters. The SMILES string of the molecule is CCCCC(CC)COc1ccc2cc(N3c4ccc(B5OC(C)(C)C(C)(C)O5)cc4[Se]c4cc(B5OC(C)(C)C(C)(C)O5)ccc43)ccc2c1. The van der Waals surface area contributed by atoms with Gasteiger partial charge in [-0.05, 0) is 6.42 Å². The summed E-state index contributed by atoms with van der Waals surface area (Å²) in [5.74, 6) is 1.53. The van der Waals surface area contributed by atoms with E-state index in [1.165, 1.54) is 50.3 Å². The van der Waals surface area contributed by atoms with Gasteiger partial charge in [-0.3, -0.25) is 0 Å². The molecule has 0 radical (unpaired) electrons. The molecule has 0 aromatic heterocycles. The second kappa shape index (κ2) is 13.6. The fourth-order valence-corrected chi connectivity index (χ4v) is 9.35. The van der Waals surface area contributed by atoms with Crippen LogP contribution in [0.5, 0.6) is 5.75 Å². The van der Waals surface area contributed by atoms with Gasteiger partial charge in [-0.1, -0.05) is 33.1 Å². The molecule has 3 aliphatic heterocycles. The third kappa shape index (κ3) is 6.91. The van der Waals surface area contributed by atoms with Crippen molar-refractivity contribution >= 4 is 76.9 Å². The average Bonchev–Trinajstić information content (AvgIpc) is 3.45. The first kappa shape index (κ1) is 36.6. The molecule has 0 N–H and O–H groups in total. The van der Waals surface area contributed by atoms with Gasteiger partial charge in [-0.25, -0.2) is 0 Å². The van der Waals surface area contributed by atoms with E-state index in [4.69, 9.17) is 23.4 Å². The Morgan fingerprint density at radius 3 is 1.67 bits per heavy atom. The standard InChI is InChI=1S/C42H53B2NO5Se/c1-11-13-14-28(12-2)27-46-34-20-16-29-23-33(19-15-30(29)24-34)45-35-21-17-31(43-47-39(3,4)40(5,6)48-43)25-37(35)51-38-26-32(18-22-36(38)45)44-49-41(7,8)42(9,10)50-44/h15-26,28H,11-14,27H2,1-10H3. The normalized spacial score (nSPS) is 20.4. The van der Waals surface area contributed by atoms with Crippen LogP contribution in [0, 0.1) is 5.92 Å². The van der Waals surface area contributed by atoms with Gasteiger partial charge in [-0.2, -0.15) is 0 Å². The van der Waals surface area contributed by atoms with Crippen LogP contribution in [-0.2, 0) is 18.6 Å². The summed E-state index contributed by atoms with van der Waals surface area (Å²) in [5.41, 5.74) is 3.96. The van der Waals surface area contributed by atoms with Gasteiger partial charge in [0.1, 0.15) is 0 Å². The fraction of sp³-hybridized carbons (Fsp3) is 0.476. The first-order valence-electron chi connectivity index (χ1n) is 18.7. The van der Waals surface area contributed by atoms with Crippen molar-refractivity contribution in [1.82, 2.24) is 0 Å². The van der Waals surface area contributed by atoms with Crippen molar-refractivity contribution in [3.05, 3.63) is 72.8 Å². The van der Waals surface area contributed by atoms with Crippen molar-refractivity contribution in [1.29, 1.82) is 0 Å². The topological polar surface area (TPSA) is 49.4 Å². The van der Waals surface area contributed by atoms with Crippen LogP contribution in [0.25, 0.3) is 10.8 Å². The van der Waals surface area contributed by atoms with Crippen LogP contribution >= 0.6 is 0 Å². The van der Waals surface area contributed by atoms with E-state index < -0.39 is 36.6 Å². The van der Waals surface area contributed by atoms with E-state index in [9.17, 15) is 0 Å². The molecule has 0 aliphatic carbocycles. The Morgan fingerprint density at radius 1 is 0.647 bits per heavy atom. The molecule has 6 nitrogen and oxygen atoms in total. The molecular weight excluding hydrogens is 699 g/mol. The van der Waals surface area contributed by atoms with Crippen LogP contribution < -0.4 is 29.5 Å². The maximum absolute atomic E-state index is 6.49. The van der Waals surface area contributed by atoms with Crippen LogP contribution in [0.3, 0.4) is 0 Å². The average molecular weight is 752 g/mol. The number of hydrogen-bond acceptors (Lipinski definition) is 6. The summed E-state index contributed by atoms with van der Waals surface area (Å²) in [4.78, 5) is 2.40. The predicted molar refractivity (Wildman–Crippen MR) is 214 cm³/mol. The van der Waals surface area contributed by atoms with Crippen LogP contribution in [0.4, 0.5) is 17.1 Å². The third-order valence-electron chi connectivity index (χ3n) is 11.8. The molecule has 2 saturated heterocycles. The summed E-state index contributed by atoms with van der Waals surface area (Å²) >= 11 is 0.0248. The number of rotatable bonds is 10. The number of hydrogen-bond donors (Lipinski definition) is 0. The van der Waals surface area contributed by atoms with Crippen molar-refractivity contribution in [2.45, 2.75) is 117 Å². The summed E-state index contributed by atoms with van der Waals surface area (Å²) < 4.78 is 34.8. The van der Waals surface area contributed by atoms with E-state index in [-0.39, 0.29) is 15.0 Å². The summed E-state index contributed by atoms with van der Waals surface area (Å²) in [6.45, 7) is 22.1.